The van der Waals surface area contributed by atoms with Crippen LogP contribution in [0.25, 0.3) is 0 Å². The normalized spacial score (nSPS) is 16.1. The second kappa shape index (κ2) is 5.68. The van der Waals surface area contributed by atoms with Gasteiger partial charge in [0.1, 0.15) is 5.75 Å². The van der Waals surface area contributed by atoms with Crippen molar-refractivity contribution in [2.75, 3.05) is 0 Å². The quantitative estimate of drug-likeness (QED) is 0.860. The van der Waals surface area contributed by atoms with Gasteiger partial charge in [-0.2, -0.15) is 0 Å². The summed E-state index contributed by atoms with van der Waals surface area (Å²) in [6.07, 6.45) is 2.60. The number of phenolic OH excluding ortho intramolecular Hbond substituents is 1. The minimum absolute atomic E-state index is 0.380. The highest BCUT2D eigenvalue weighted by Crippen LogP contribution is 2.41. The molecule has 0 spiro atoms. The Morgan fingerprint density at radius 2 is 1.90 bits per heavy atom. The van der Waals surface area contributed by atoms with Gasteiger partial charge in [-0.3, -0.25) is 0 Å². The van der Waals surface area contributed by atoms with Crippen molar-refractivity contribution in [1.82, 2.24) is 5.32 Å². The number of rotatable bonds is 5. The van der Waals surface area contributed by atoms with Gasteiger partial charge in [-0.05, 0) is 37.3 Å². The second-order valence-electron chi connectivity index (χ2n) is 5.74. The van der Waals surface area contributed by atoms with Gasteiger partial charge in [0.05, 0.1) is 0 Å². The first-order chi connectivity index (χ1) is 9.74. The molecule has 0 bridgehead atoms. The summed E-state index contributed by atoms with van der Waals surface area (Å²) in [6, 6.07) is 16.8. The highest BCUT2D eigenvalue weighted by Gasteiger charge is 2.31. The highest BCUT2D eigenvalue weighted by atomic mass is 16.3. The molecule has 1 saturated carbocycles. The molecule has 1 aliphatic rings. The van der Waals surface area contributed by atoms with Crippen LogP contribution < -0.4 is 5.32 Å². The molecule has 0 aliphatic heterocycles. The van der Waals surface area contributed by atoms with Crippen molar-refractivity contribution in [3.63, 3.8) is 0 Å². The number of aromatic hydroxyl groups is 1. The monoisotopic (exact) mass is 267 g/mol. The summed E-state index contributed by atoms with van der Waals surface area (Å²) in [5.74, 6) is 1.12. The molecule has 1 fully saturated rings. The lowest BCUT2D eigenvalue weighted by atomic mass is 10.0. The van der Waals surface area contributed by atoms with Gasteiger partial charge in [0.2, 0.25) is 0 Å². The molecule has 0 radical (unpaired) electrons. The number of hydrogen-bond donors (Lipinski definition) is 2. The van der Waals surface area contributed by atoms with Gasteiger partial charge in [-0.1, -0.05) is 48.0 Å². The Morgan fingerprint density at radius 3 is 2.60 bits per heavy atom. The fourth-order valence-electron chi connectivity index (χ4n) is 2.72. The molecular weight excluding hydrogens is 246 g/mol. The molecule has 104 valence electrons. The third kappa shape index (κ3) is 3.02. The zero-order valence-electron chi connectivity index (χ0n) is 11.8. The maximum absolute atomic E-state index is 9.93. The first kappa shape index (κ1) is 13.2. The van der Waals surface area contributed by atoms with Gasteiger partial charge in [-0.15, -0.1) is 0 Å². The van der Waals surface area contributed by atoms with Crippen LogP contribution in [0.4, 0.5) is 0 Å². The molecule has 1 atom stereocenters. The molecule has 1 unspecified atom stereocenters. The Hall–Kier alpha value is -1.80. The van der Waals surface area contributed by atoms with Crippen molar-refractivity contribution >= 4 is 0 Å². The molecule has 2 N–H and O–H groups in total. The molecule has 3 rings (SSSR count). The van der Waals surface area contributed by atoms with Gasteiger partial charge in [-0.25, -0.2) is 0 Å². The molecule has 1 aliphatic carbocycles. The maximum atomic E-state index is 9.93. The number of benzene rings is 2. The van der Waals surface area contributed by atoms with Crippen LogP contribution in [-0.2, 0) is 6.54 Å². The van der Waals surface area contributed by atoms with Gasteiger partial charge in [0.15, 0.2) is 0 Å². The molecule has 0 aromatic heterocycles. The summed E-state index contributed by atoms with van der Waals surface area (Å²) >= 11 is 0. The average Bonchev–Trinajstić information content (AvgIpc) is 3.29. The van der Waals surface area contributed by atoms with E-state index >= 15 is 0 Å². The number of nitrogens with one attached hydrogen (secondary N) is 1. The number of hydrogen-bond acceptors (Lipinski definition) is 2. The lowest BCUT2D eigenvalue weighted by Gasteiger charge is -2.19. The maximum Gasteiger partial charge on any atom is 0.120 e. The Labute approximate surface area is 120 Å². The van der Waals surface area contributed by atoms with Crippen molar-refractivity contribution in [2.24, 2.45) is 5.92 Å². The van der Waals surface area contributed by atoms with Crippen molar-refractivity contribution in [3.8, 4) is 5.75 Å². The van der Waals surface area contributed by atoms with Crippen LogP contribution in [0.2, 0.25) is 0 Å². The van der Waals surface area contributed by atoms with Gasteiger partial charge >= 0.3 is 0 Å². The molecule has 2 nitrogen and oxygen atoms in total. The zero-order chi connectivity index (χ0) is 13.9. The fraction of sp³-hybridized carbons (Fsp3) is 0.333. The summed E-state index contributed by atoms with van der Waals surface area (Å²) in [6.45, 7) is 2.77. The van der Waals surface area contributed by atoms with E-state index in [1.54, 1.807) is 6.07 Å². The lowest BCUT2D eigenvalue weighted by molar-refractivity contribution is 0.445. The van der Waals surface area contributed by atoms with E-state index in [0.29, 0.717) is 18.3 Å². The Morgan fingerprint density at radius 1 is 1.15 bits per heavy atom. The van der Waals surface area contributed by atoms with Crippen LogP contribution in [0.1, 0.15) is 35.6 Å². The van der Waals surface area contributed by atoms with E-state index in [1.165, 1.54) is 24.0 Å². The van der Waals surface area contributed by atoms with Gasteiger partial charge < -0.3 is 10.4 Å². The summed E-state index contributed by atoms with van der Waals surface area (Å²) in [7, 11) is 0. The zero-order valence-corrected chi connectivity index (χ0v) is 11.8. The topological polar surface area (TPSA) is 32.3 Å². The number of aryl methyl sites for hydroxylation is 1. The SMILES string of the molecule is Cc1ccc(O)c(CNC(c2ccccc2)C2CC2)c1. The third-order valence-electron chi connectivity index (χ3n) is 4.00. The second-order valence-corrected chi connectivity index (χ2v) is 5.74. The Balaban J connectivity index is 1.73. The van der Waals surface area contributed by atoms with Gasteiger partial charge in [0.25, 0.3) is 0 Å². The number of phenols is 1. The van der Waals surface area contributed by atoms with Crippen LogP contribution in [0, 0.1) is 12.8 Å². The lowest BCUT2D eigenvalue weighted by Crippen LogP contribution is -2.22. The van der Waals surface area contributed by atoms with Crippen molar-refractivity contribution in [1.29, 1.82) is 0 Å². The largest absolute Gasteiger partial charge is 0.508 e. The van der Waals surface area contributed by atoms with Gasteiger partial charge in [0, 0.05) is 18.2 Å². The van der Waals surface area contributed by atoms with Crippen LogP contribution in [0.15, 0.2) is 48.5 Å². The van der Waals surface area contributed by atoms with Crippen LogP contribution in [0.5, 0.6) is 5.75 Å². The molecule has 2 aromatic rings. The molecule has 0 heterocycles. The Bertz CT molecular complexity index is 575. The smallest absolute Gasteiger partial charge is 0.120 e. The first-order valence-electron chi connectivity index (χ1n) is 7.31. The van der Waals surface area contributed by atoms with Crippen molar-refractivity contribution < 1.29 is 5.11 Å². The Kier molecular flexibility index (Phi) is 3.75. The predicted octanol–water partition coefficient (Wildman–Crippen LogP) is 3.94. The van der Waals surface area contributed by atoms with E-state index in [2.05, 4.69) is 48.6 Å². The average molecular weight is 267 g/mol. The molecule has 2 aromatic carbocycles. The van der Waals surface area contributed by atoms with E-state index in [4.69, 9.17) is 0 Å². The standard InChI is InChI=1S/C18H21NO/c1-13-7-10-17(20)16(11-13)12-19-18(15-8-9-15)14-5-3-2-4-6-14/h2-7,10-11,15,18-20H,8-9,12H2,1H3. The first-order valence-corrected chi connectivity index (χ1v) is 7.31. The third-order valence-corrected chi connectivity index (χ3v) is 4.00. The van der Waals surface area contributed by atoms with Crippen LogP contribution in [-0.4, -0.2) is 5.11 Å². The fourth-order valence-corrected chi connectivity index (χ4v) is 2.72. The van der Waals surface area contributed by atoms with E-state index in [0.717, 1.165) is 11.5 Å². The van der Waals surface area contributed by atoms with E-state index in [1.807, 2.05) is 6.07 Å². The van der Waals surface area contributed by atoms with E-state index in [-0.39, 0.29) is 0 Å². The minimum Gasteiger partial charge on any atom is -0.508 e. The summed E-state index contributed by atoms with van der Waals surface area (Å²) in [5.41, 5.74) is 3.51. The van der Waals surface area contributed by atoms with E-state index < -0.39 is 0 Å². The summed E-state index contributed by atoms with van der Waals surface area (Å²) in [4.78, 5) is 0. The molecule has 0 amide bonds. The van der Waals surface area contributed by atoms with E-state index in [9.17, 15) is 5.11 Å². The van der Waals surface area contributed by atoms with Crippen molar-refractivity contribution in [3.05, 3.63) is 65.2 Å². The summed E-state index contributed by atoms with van der Waals surface area (Å²) < 4.78 is 0. The summed E-state index contributed by atoms with van der Waals surface area (Å²) in [5, 5.41) is 13.6. The predicted molar refractivity (Wildman–Crippen MR) is 81.6 cm³/mol. The highest BCUT2D eigenvalue weighted by molar-refractivity contribution is 5.35. The van der Waals surface area contributed by atoms with Crippen LogP contribution >= 0.6 is 0 Å². The minimum atomic E-state index is 0.380. The molecule has 20 heavy (non-hydrogen) atoms. The molecule has 2 heteroatoms. The van der Waals surface area contributed by atoms with Crippen molar-refractivity contribution in [2.45, 2.75) is 32.4 Å². The molecule has 0 saturated heterocycles. The van der Waals surface area contributed by atoms with Crippen LogP contribution in [0.3, 0.4) is 0 Å². The molecular formula is C18H21NO.